The molecule has 1 saturated heterocycles. The Hall–Kier alpha value is -3.39. The minimum Gasteiger partial charge on any atom is -0.481 e. The second kappa shape index (κ2) is 12.6. The summed E-state index contributed by atoms with van der Waals surface area (Å²) < 4.78 is 5.55. The van der Waals surface area contributed by atoms with Crippen LogP contribution >= 0.6 is 0 Å². The summed E-state index contributed by atoms with van der Waals surface area (Å²) in [4.78, 5) is 41.2. The number of amides is 2. The average Bonchev–Trinajstić information content (AvgIpc) is 3.82. The fraction of sp³-hybridized carbons (Fsp3) is 0.516. The lowest BCUT2D eigenvalue weighted by Crippen LogP contribution is -2.37. The van der Waals surface area contributed by atoms with Crippen LogP contribution in [0.2, 0.25) is 0 Å². The number of ether oxygens (including phenoxy) is 1. The quantitative estimate of drug-likeness (QED) is 0.450. The Morgan fingerprint density at radius 1 is 0.923 bits per heavy atom. The topological polar surface area (TPSA) is 99.2 Å². The van der Waals surface area contributed by atoms with Gasteiger partial charge < -0.3 is 25.0 Å². The van der Waals surface area contributed by atoms with Crippen molar-refractivity contribution in [3.05, 3.63) is 48.0 Å². The third kappa shape index (κ3) is 7.18. The first kappa shape index (κ1) is 27.2. The summed E-state index contributed by atoms with van der Waals surface area (Å²) in [6.07, 6.45) is 7.00. The van der Waals surface area contributed by atoms with Gasteiger partial charge >= 0.3 is 5.97 Å². The van der Waals surface area contributed by atoms with Crippen molar-refractivity contribution < 1.29 is 24.2 Å². The fourth-order valence-corrected chi connectivity index (χ4v) is 5.65. The summed E-state index contributed by atoms with van der Waals surface area (Å²) in [5, 5.41) is 12.4. The number of hydrogen-bond acceptors (Lipinski definition) is 5. The normalized spacial score (nSPS) is 18.0. The maximum absolute atomic E-state index is 13.2. The summed E-state index contributed by atoms with van der Waals surface area (Å²) in [5.41, 5.74) is 4.77. The molecule has 2 amide bonds. The van der Waals surface area contributed by atoms with Crippen molar-refractivity contribution in [2.75, 3.05) is 43.1 Å². The van der Waals surface area contributed by atoms with E-state index in [4.69, 9.17) is 9.84 Å². The molecule has 0 radical (unpaired) electrons. The van der Waals surface area contributed by atoms with Crippen molar-refractivity contribution in [3.63, 3.8) is 0 Å². The van der Waals surface area contributed by atoms with Gasteiger partial charge in [0, 0.05) is 38.0 Å². The molecule has 208 valence electrons. The average molecular weight is 534 g/mol. The zero-order valence-corrected chi connectivity index (χ0v) is 22.6. The molecule has 3 fully saturated rings. The van der Waals surface area contributed by atoms with Crippen LogP contribution in [-0.4, -0.2) is 60.6 Å². The molecule has 1 aliphatic heterocycles. The number of morpholine rings is 1. The Bertz CT molecular complexity index is 1180. The first-order chi connectivity index (χ1) is 19.0. The molecule has 2 aromatic carbocycles. The number of aliphatic carboxylic acids is 1. The van der Waals surface area contributed by atoms with Crippen LogP contribution in [0.15, 0.2) is 42.5 Å². The van der Waals surface area contributed by atoms with E-state index in [1.54, 1.807) is 4.90 Å². The van der Waals surface area contributed by atoms with Crippen LogP contribution < -0.4 is 10.2 Å². The second-order valence-corrected chi connectivity index (χ2v) is 11.0. The standard InChI is InChI=1S/C31H39N3O5/c35-29(36)13-14-34(31(38)24-9-10-24)21-22-5-4-8-25(19-22)26-11-12-28(33-15-17-39-18-16-33)27(20-26)32-30(37)23-6-2-1-3-7-23/h4-5,8,11-12,19-20,23-24H,1-3,6-7,9-10,13-18,21H2,(H,32,37)(H,35,36). The first-order valence-corrected chi connectivity index (χ1v) is 14.4. The minimum absolute atomic E-state index is 0.0324. The predicted molar refractivity (Wildman–Crippen MR) is 151 cm³/mol. The SMILES string of the molecule is O=C(O)CCN(Cc1cccc(-c2ccc(N3CCOCC3)c(NC(=O)C3CCCCC3)c2)c1)C(=O)C1CC1. The third-order valence-electron chi connectivity index (χ3n) is 8.05. The number of hydrogen-bond donors (Lipinski definition) is 2. The van der Waals surface area contributed by atoms with E-state index in [9.17, 15) is 14.4 Å². The van der Waals surface area contributed by atoms with E-state index in [1.165, 1.54) is 6.42 Å². The number of benzene rings is 2. The van der Waals surface area contributed by atoms with Crippen LogP contribution in [0.1, 0.15) is 56.9 Å². The molecular formula is C31H39N3O5. The molecule has 5 rings (SSSR count). The van der Waals surface area contributed by atoms with Crippen LogP contribution in [-0.2, 0) is 25.7 Å². The van der Waals surface area contributed by atoms with Crippen molar-refractivity contribution in [1.82, 2.24) is 4.90 Å². The Kier molecular flexibility index (Phi) is 8.81. The van der Waals surface area contributed by atoms with Gasteiger partial charge in [-0.25, -0.2) is 0 Å². The fourth-order valence-electron chi connectivity index (χ4n) is 5.65. The zero-order chi connectivity index (χ0) is 27.2. The number of carboxylic acids is 1. The molecule has 0 atom stereocenters. The molecule has 2 N–H and O–H groups in total. The Labute approximate surface area is 230 Å². The summed E-state index contributed by atoms with van der Waals surface area (Å²) >= 11 is 0. The molecule has 8 heteroatoms. The van der Waals surface area contributed by atoms with Gasteiger partial charge in [-0.3, -0.25) is 14.4 Å². The van der Waals surface area contributed by atoms with Gasteiger partial charge in [0.15, 0.2) is 0 Å². The van der Waals surface area contributed by atoms with Crippen LogP contribution in [0.5, 0.6) is 0 Å². The molecule has 0 bridgehead atoms. The smallest absolute Gasteiger partial charge is 0.305 e. The summed E-state index contributed by atoms with van der Waals surface area (Å²) in [7, 11) is 0. The first-order valence-electron chi connectivity index (χ1n) is 14.4. The Morgan fingerprint density at radius 2 is 1.67 bits per heavy atom. The van der Waals surface area contributed by atoms with Crippen molar-refractivity contribution in [2.45, 2.75) is 57.9 Å². The third-order valence-corrected chi connectivity index (χ3v) is 8.05. The van der Waals surface area contributed by atoms with E-state index < -0.39 is 5.97 Å². The maximum atomic E-state index is 13.2. The predicted octanol–water partition coefficient (Wildman–Crippen LogP) is 4.92. The van der Waals surface area contributed by atoms with Gasteiger partial charge in [0.05, 0.1) is 31.0 Å². The lowest BCUT2D eigenvalue weighted by Gasteiger charge is -2.31. The van der Waals surface area contributed by atoms with E-state index in [1.807, 2.05) is 18.2 Å². The molecule has 2 aromatic rings. The second-order valence-electron chi connectivity index (χ2n) is 11.0. The molecular weight excluding hydrogens is 494 g/mol. The van der Waals surface area contributed by atoms with Crippen molar-refractivity contribution in [3.8, 4) is 11.1 Å². The maximum Gasteiger partial charge on any atom is 0.305 e. The lowest BCUT2D eigenvalue weighted by molar-refractivity contribution is -0.139. The van der Waals surface area contributed by atoms with Crippen LogP contribution in [0, 0.1) is 11.8 Å². The summed E-state index contributed by atoms with van der Waals surface area (Å²) in [5.74, 6) is -0.665. The molecule has 3 aliphatic rings. The Morgan fingerprint density at radius 3 is 2.38 bits per heavy atom. The highest BCUT2D eigenvalue weighted by Crippen LogP contribution is 2.35. The Balaban J connectivity index is 1.38. The van der Waals surface area contributed by atoms with Crippen molar-refractivity contribution >= 4 is 29.2 Å². The monoisotopic (exact) mass is 533 g/mol. The number of rotatable bonds is 10. The van der Waals surface area contributed by atoms with E-state index in [-0.39, 0.29) is 36.6 Å². The van der Waals surface area contributed by atoms with Gasteiger partial charge in [-0.2, -0.15) is 0 Å². The van der Waals surface area contributed by atoms with Gasteiger partial charge in [-0.05, 0) is 60.6 Å². The zero-order valence-electron chi connectivity index (χ0n) is 22.6. The lowest BCUT2D eigenvalue weighted by atomic mass is 9.88. The van der Waals surface area contributed by atoms with Crippen LogP contribution in [0.25, 0.3) is 11.1 Å². The number of carbonyl (C=O) groups excluding carboxylic acids is 2. The molecule has 39 heavy (non-hydrogen) atoms. The van der Waals surface area contributed by atoms with Gasteiger partial charge in [0.1, 0.15) is 0 Å². The number of carbonyl (C=O) groups is 3. The molecule has 0 aromatic heterocycles. The van der Waals surface area contributed by atoms with Gasteiger partial charge in [0.25, 0.3) is 0 Å². The number of anilines is 2. The molecule has 0 unspecified atom stereocenters. The molecule has 8 nitrogen and oxygen atoms in total. The minimum atomic E-state index is -0.902. The number of nitrogens with one attached hydrogen (secondary N) is 1. The highest BCUT2D eigenvalue weighted by molar-refractivity contribution is 5.97. The van der Waals surface area contributed by atoms with Crippen LogP contribution in [0.4, 0.5) is 11.4 Å². The van der Waals surface area contributed by atoms with Gasteiger partial charge in [-0.1, -0.05) is 43.5 Å². The highest BCUT2D eigenvalue weighted by Gasteiger charge is 2.33. The summed E-state index contributed by atoms with van der Waals surface area (Å²) in [6.45, 7) is 3.48. The number of carboxylic acid groups (broad SMARTS) is 1. The van der Waals surface area contributed by atoms with E-state index in [0.717, 1.165) is 79.7 Å². The number of nitrogens with zero attached hydrogens (tertiary/aromatic N) is 2. The highest BCUT2D eigenvalue weighted by atomic mass is 16.5. The van der Waals surface area contributed by atoms with Crippen molar-refractivity contribution in [1.29, 1.82) is 0 Å². The van der Waals surface area contributed by atoms with Crippen molar-refractivity contribution in [2.24, 2.45) is 11.8 Å². The van der Waals surface area contributed by atoms with Crippen LogP contribution in [0.3, 0.4) is 0 Å². The summed E-state index contributed by atoms with van der Waals surface area (Å²) in [6, 6.07) is 14.3. The van der Waals surface area contributed by atoms with E-state index in [2.05, 4.69) is 34.5 Å². The molecule has 0 spiro atoms. The van der Waals surface area contributed by atoms with E-state index >= 15 is 0 Å². The van der Waals surface area contributed by atoms with E-state index in [0.29, 0.717) is 19.8 Å². The molecule has 2 saturated carbocycles. The molecule has 2 aliphatic carbocycles. The molecule has 1 heterocycles. The largest absolute Gasteiger partial charge is 0.481 e. The van der Waals surface area contributed by atoms with Gasteiger partial charge in [-0.15, -0.1) is 0 Å². The van der Waals surface area contributed by atoms with Gasteiger partial charge in [0.2, 0.25) is 11.8 Å².